The Bertz CT molecular complexity index is 961. The maximum Gasteiger partial charge on any atom is 0.420 e. The van der Waals surface area contributed by atoms with Crippen molar-refractivity contribution in [2.24, 2.45) is 11.3 Å². The fourth-order valence-corrected chi connectivity index (χ4v) is 5.12. The highest BCUT2D eigenvalue weighted by molar-refractivity contribution is 6.35. The lowest BCUT2D eigenvalue weighted by molar-refractivity contribution is -0.132. The zero-order chi connectivity index (χ0) is 16.9. The second-order valence-corrected chi connectivity index (χ2v) is 7.34. The number of carbonyl (C=O) groups excluding carboxylic acids is 1. The summed E-state index contributed by atoms with van der Waals surface area (Å²) >= 11 is 6.21. The van der Waals surface area contributed by atoms with E-state index in [1.54, 1.807) is 0 Å². The maximum absolute atomic E-state index is 13.7. The molecular formula is C16H11ClF3N3O. The van der Waals surface area contributed by atoms with Crippen LogP contribution in [-0.4, -0.2) is 27.4 Å². The molecule has 0 radical (unpaired) electrons. The van der Waals surface area contributed by atoms with Gasteiger partial charge in [-0.2, -0.15) is 13.2 Å². The number of Topliss-reactive ketones (excluding diaryl/α,β-unsaturated/α-hetero) is 1. The molecule has 4 nitrogen and oxygen atoms in total. The Kier molecular flexibility index (Phi) is 2.53. The SMILES string of the molecule is O=C1C(C(F)(F)F)=C2c3cc(Cl)c4[nH]nnc4c3CC23CCC1C3. The smallest absolute Gasteiger partial charge is 0.294 e. The van der Waals surface area contributed by atoms with Crippen molar-refractivity contribution in [2.75, 3.05) is 0 Å². The number of halogens is 4. The minimum Gasteiger partial charge on any atom is -0.294 e. The molecule has 0 saturated heterocycles. The molecule has 3 aliphatic carbocycles. The molecule has 2 bridgehead atoms. The van der Waals surface area contributed by atoms with E-state index in [1.165, 1.54) is 6.07 Å². The van der Waals surface area contributed by atoms with Gasteiger partial charge in [-0.3, -0.25) is 9.89 Å². The minimum atomic E-state index is -4.66. The Morgan fingerprint density at radius 2 is 2.17 bits per heavy atom. The molecule has 1 aromatic carbocycles. The van der Waals surface area contributed by atoms with Crippen LogP contribution in [0.1, 0.15) is 30.4 Å². The highest BCUT2D eigenvalue weighted by Crippen LogP contribution is 2.64. The number of carbonyl (C=O) groups is 1. The largest absolute Gasteiger partial charge is 0.420 e. The van der Waals surface area contributed by atoms with Crippen molar-refractivity contribution in [2.45, 2.75) is 31.9 Å². The third-order valence-corrected chi connectivity index (χ3v) is 6.04. The molecule has 2 atom stereocenters. The van der Waals surface area contributed by atoms with E-state index in [9.17, 15) is 18.0 Å². The van der Waals surface area contributed by atoms with Crippen LogP contribution in [0.3, 0.4) is 0 Å². The number of aromatic nitrogens is 3. The van der Waals surface area contributed by atoms with Crippen molar-refractivity contribution in [3.63, 3.8) is 0 Å². The Labute approximate surface area is 139 Å². The summed E-state index contributed by atoms with van der Waals surface area (Å²) in [6.07, 6.45) is -2.63. The van der Waals surface area contributed by atoms with Gasteiger partial charge in [0.1, 0.15) is 16.6 Å². The van der Waals surface area contributed by atoms with Crippen LogP contribution in [0, 0.1) is 11.3 Å². The van der Waals surface area contributed by atoms with E-state index in [2.05, 4.69) is 15.4 Å². The quantitative estimate of drug-likeness (QED) is 0.782. The molecule has 2 aromatic rings. The molecule has 24 heavy (non-hydrogen) atoms. The Balaban J connectivity index is 1.91. The number of hydrogen-bond acceptors (Lipinski definition) is 3. The topological polar surface area (TPSA) is 58.6 Å². The highest BCUT2D eigenvalue weighted by atomic mass is 35.5. The van der Waals surface area contributed by atoms with Gasteiger partial charge in [0.25, 0.3) is 0 Å². The fraction of sp³-hybridized carbons (Fsp3) is 0.438. The van der Waals surface area contributed by atoms with Crippen LogP contribution >= 0.6 is 11.6 Å². The molecule has 0 amide bonds. The third kappa shape index (κ3) is 1.58. The number of allylic oxidation sites excluding steroid dienone is 2. The summed E-state index contributed by atoms with van der Waals surface area (Å²) in [6.45, 7) is 0. The lowest BCUT2D eigenvalue weighted by atomic mass is 9.71. The average molecular weight is 354 g/mol. The molecule has 3 aliphatic rings. The summed E-state index contributed by atoms with van der Waals surface area (Å²) in [7, 11) is 0. The number of ketones is 1. The van der Waals surface area contributed by atoms with Gasteiger partial charge in [0.15, 0.2) is 5.78 Å². The Hall–Kier alpha value is -1.89. The number of nitrogens with zero attached hydrogens (tertiary/aromatic N) is 2. The normalized spacial score (nSPS) is 28.7. The maximum atomic E-state index is 13.7. The number of hydrogen-bond donors (Lipinski definition) is 1. The van der Waals surface area contributed by atoms with E-state index >= 15 is 0 Å². The second kappa shape index (κ2) is 4.20. The van der Waals surface area contributed by atoms with Crippen molar-refractivity contribution in [3.05, 3.63) is 27.8 Å². The number of fused-ring (bicyclic) bond motifs is 5. The summed E-state index contributed by atoms with van der Waals surface area (Å²) in [6, 6.07) is 1.53. The van der Waals surface area contributed by atoms with E-state index in [0.29, 0.717) is 42.3 Å². The fourth-order valence-electron chi connectivity index (χ4n) is 4.88. The molecule has 1 spiro atoms. The summed E-state index contributed by atoms with van der Waals surface area (Å²) in [5, 5.41) is 10.7. The van der Waals surface area contributed by atoms with Gasteiger partial charge in [-0.05, 0) is 48.4 Å². The number of nitrogens with one attached hydrogen (secondary N) is 1. The first kappa shape index (κ1) is 14.5. The first-order chi connectivity index (χ1) is 11.3. The zero-order valence-corrected chi connectivity index (χ0v) is 13.1. The van der Waals surface area contributed by atoms with Crippen LogP contribution in [-0.2, 0) is 11.2 Å². The van der Waals surface area contributed by atoms with Gasteiger partial charge in [-0.15, -0.1) is 5.10 Å². The Morgan fingerprint density at radius 1 is 1.38 bits per heavy atom. The van der Waals surface area contributed by atoms with Crippen LogP contribution in [0.2, 0.25) is 5.02 Å². The summed E-state index contributed by atoms with van der Waals surface area (Å²) < 4.78 is 41.1. The Morgan fingerprint density at radius 3 is 2.92 bits per heavy atom. The summed E-state index contributed by atoms with van der Waals surface area (Å²) in [5.74, 6) is -1.29. The van der Waals surface area contributed by atoms with Crippen molar-refractivity contribution < 1.29 is 18.0 Å². The lowest BCUT2D eigenvalue weighted by Gasteiger charge is -2.33. The van der Waals surface area contributed by atoms with E-state index in [1.807, 2.05) is 0 Å². The zero-order valence-electron chi connectivity index (χ0n) is 12.3. The first-order valence-electron chi connectivity index (χ1n) is 7.70. The third-order valence-electron chi connectivity index (χ3n) is 5.74. The van der Waals surface area contributed by atoms with E-state index in [4.69, 9.17) is 11.6 Å². The standard InChI is InChI=1S/C16H11ClF3N3O/c17-9-3-7-8(12-13(9)22-23-21-12)5-15-2-1-6(4-15)14(24)11(10(7)15)16(18,19)20/h3,6H,1-2,4-5H2,(H,21,22,23). The van der Waals surface area contributed by atoms with Gasteiger partial charge in [-0.1, -0.05) is 16.8 Å². The molecule has 5 rings (SSSR count). The van der Waals surface area contributed by atoms with Crippen LogP contribution < -0.4 is 0 Å². The van der Waals surface area contributed by atoms with Gasteiger partial charge < -0.3 is 0 Å². The average Bonchev–Trinajstić information content (AvgIpc) is 3.17. The lowest BCUT2D eigenvalue weighted by Crippen LogP contribution is -2.34. The molecule has 1 heterocycles. The highest BCUT2D eigenvalue weighted by Gasteiger charge is 2.59. The van der Waals surface area contributed by atoms with Crippen LogP contribution in [0.25, 0.3) is 16.6 Å². The van der Waals surface area contributed by atoms with Gasteiger partial charge in [0.05, 0.1) is 5.02 Å². The van der Waals surface area contributed by atoms with Gasteiger partial charge in [-0.25, -0.2) is 0 Å². The number of alkyl halides is 3. The summed E-state index contributed by atoms with van der Waals surface area (Å²) in [4.78, 5) is 12.4. The van der Waals surface area contributed by atoms with Crippen molar-refractivity contribution >= 4 is 34.0 Å². The molecule has 8 heteroatoms. The van der Waals surface area contributed by atoms with Gasteiger partial charge in [0.2, 0.25) is 0 Å². The van der Waals surface area contributed by atoms with Gasteiger partial charge in [0, 0.05) is 11.3 Å². The van der Waals surface area contributed by atoms with Crippen molar-refractivity contribution in [3.8, 4) is 0 Å². The first-order valence-corrected chi connectivity index (χ1v) is 8.08. The molecule has 1 N–H and O–H groups in total. The van der Waals surface area contributed by atoms with Crippen molar-refractivity contribution in [1.29, 1.82) is 0 Å². The van der Waals surface area contributed by atoms with Crippen LogP contribution in [0.5, 0.6) is 0 Å². The minimum absolute atomic E-state index is 0.135. The summed E-state index contributed by atoms with van der Waals surface area (Å²) in [5.41, 5.74) is 0.705. The predicted octanol–water partition coefficient (Wildman–Crippen LogP) is 3.85. The van der Waals surface area contributed by atoms with E-state index in [-0.39, 0.29) is 10.6 Å². The number of aromatic amines is 1. The van der Waals surface area contributed by atoms with Gasteiger partial charge >= 0.3 is 6.18 Å². The second-order valence-electron chi connectivity index (χ2n) is 6.93. The monoisotopic (exact) mass is 353 g/mol. The van der Waals surface area contributed by atoms with Crippen LogP contribution in [0.15, 0.2) is 11.6 Å². The molecule has 1 fully saturated rings. The molecule has 124 valence electrons. The van der Waals surface area contributed by atoms with E-state index < -0.39 is 28.9 Å². The molecule has 2 unspecified atom stereocenters. The van der Waals surface area contributed by atoms with Crippen LogP contribution in [0.4, 0.5) is 13.2 Å². The molecular weight excluding hydrogens is 343 g/mol. The molecule has 1 saturated carbocycles. The number of benzene rings is 1. The van der Waals surface area contributed by atoms with E-state index in [0.717, 1.165) is 5.56 Å². The number of rotatable bonds is 0. The molecule has 0 aliphatic heterocycles. The number of H-pyrrole nitrogens is 1. The predicted molar refractivity (Wildman–Crippen MR) is 80.4 cm³/mol. The molecule has 1 aromatic heterocycles. The van der Waals surface area contributed by atoms with Crippen molar-refractivity contribution in [1.82, 2.24) is 15.4 Å².